The van der Waals surface area contributed by atoms with Gasteiger partial charge in [-0.1, -0.05) is 0 Å². The molecule has 0 spiro atoms. The molecule has 0 aliphatic carbocycles. The molecule has 11 heteroatoms. The van der Waals surface area contributed by atoms with E-state index in [1.165, 1.54) is 12.1 Å². The van der Waals surface area contributed by atoms with Gasteiger partial charge in [0.2, 0.25) is 5.52 Å². The first-order valence-electron chi connectivity index (χ1n) is 5.29. The van der Waals surface area contributed by atoms with E-state index in [-0.39, 0.29) is 25.5 Å². The van der Waals surface area contributed by atoms with Crippen molar-refractivity contribution < 1.29 is 24.6 Å². The smallest absolute Gasteiger partial charge is 0.323 e. The quantitative estimate of drug-likeness (QED) is 0.360. The first kappa shape index (κ1) is 14.3. The van der Waals surface area contributed by atoms with Crippen molar-refractivity contribution in [2.75, 3.05) is 6.61 Å². The molecular formula is C9H9N4O6P. The number of non-ortho nitro benzene ring substituents is 1. The zero-order chi connectivity index (χ0) is 14.7. The molecule has 2 unspecified atom stereocenters. The first-order valence-corrected chi connectivity index (χ1v) is 6.29. The van der Waals surface area contributed by atoms with Gasteiger partial charge in [-0.25, -0.2) is 4.63 Å². The van der Waals surface area contributed by atoms with Crippen LogP contribution in [0.4, 0.5) is 5.69 Å². The molecule has 2 atom stereocenters. The summed E-state index contributed by atoms with van der Waals surface area (Å²) in [5.41, 5.74) is -0.0588. The first-order chi connectivity index (χ1) is 9.54. The average molecular weight is 300 g/mol. The lowest BCUT2D eigenvalue weighted by Gasteiger charge is -2.11. The minimum absolute atomic E-state index is 0.00215. The Morgan fingerprint density at radius 1 is 1.50 bits per heavy atom. The summed E-state index contributed by atoms with van der Waals surface area (Å²) in [7, 11) is -0.231. The molecule has 0 radical (unpaired) electrons. The number of rotatable bonds is 6. The summed E-state index contributed by atoms with van der Waals surface area (Å²) >= 11 is 0. The molecule has 0 aliphatic heterocycles. The van der Waals surface area contributed by atoms with Crippen molar-refractivity contribution in [3.05, 3.63) is 22.2 Å². The Kier molecular flexibility index (Phi) is 4.18. The number of carboxylic acid groups (broad SMARTS) is 1. The lowest BCUT2D eigenvalue weighted by atomic mass is 10.3. The van der Waals surface area contributed by atoms with E-state index >= 15 is 0 Å². The van der Waals surface area contributed by atoms with Gasteiger partial charge in [0.25, 0.3) is 0 Å². The second-order valence-electron chi connectivity index (χ2n) is 3.69. The van der Waals surface area contributed by atoms with E-state index in [0.29, 0.717) is 5.30 Å². The molecule has 1 aromatic heterocycles. The summed E-state index contributed by atoms with van der Waals surface area (Å²) < 4.78 is 4.48. The number of carboxylic acids is 1. The molecule has 106 valence electrons. The van der Waals surface area contributed by atoms with Crippen LogP contribution in [-0.4, -0.2) is 44.1 Å². The van der Waals surface area contributed by atoms with E-state index in [1.54, 1.807) is 0 Å². The molecule has 3 N–H and O–H groups in total. The van der Waals surface area contributed by atoms with Crippen LogP contribution in [0.3, 0.4) is 0 Å². The molecule has 10 nitrogen and oxygen atoms in total. The highest BCUT2D eigenvalue weighted by atomic mass is 31.1. The summed E-state index contributed by atoms with van der Waals surface area (Å²) in [5.74, 6) is -1.20. The van der Waals surface area contributed by atoms with Gasteiger partial charge in [0.15, 0.2) is 5.52 Å². The maximum atomic E-state index is 10.8. The van der Waals surface area contributed by atoms with Gasteiger partial charge in [-0.05, 0) is 25.1 Å². The number of carbonyl (C=O) groups is 1. The van der Waals surface area contributed by atoms with E-state index in [1.807, 2.05) is 0 Å². The molecule has 0 amide bonds. The highest BCUT2D eigenvalue weighted by Gasteiger charge is 2.21. The topological polar surface area (TPSA) is 152 Å². The van der Waals surface area contributed by atoms with E-state index in [2.05, 4.69) is 20.0 Å². The minimum atomic E-state index is -1.20. The molecule has 0 aliphatic rings. The highest BCUT2D eigenvalue weighted by Crippen LogP contribution is 2.24. The monoisotopic (exact) mass is 300 g/mol. The minimum Gasteiger partial charge on any atom is -0.480 e. The standard InChI is InChI=1S/C9H9N4O6P/c14-3-4(9(15)16)12-20-6-2-1-5(13(17)18)7-8(6)11-19-10-7/h1-2,4,12,14,20H,3H2,(H,15,16). The van der Waals surface area contributed by atoms with Crippen molar-refractivity contribution >= 4 is 36.7 Å². The number of benzene rings is 1. The van der Waals surface area contributed by atoms with Gasteiger partial charge in [-0.2, -0.15) is 0 Å². The number of aromatic nitrogens is 2. The predicted molar refractivity (Wildman–Crippen MR) is 68.1 cm³/mol. The number of nitro groups is 1. The summed E-state index contributed by atoms with van der Waals surface area (Å²) in [6.45, 7) is -0.574. The van der Waals surface area contributed by atoms with Crippen molar-refractivity contribution in [1.82, 2.24) is 15.4 Å². The van der Waals surface area contributed by atoms with E-state index in [9.17, 15) is 14.9 Å². The van der Waals surface area contributed by atoms with Crippen LogP contribution in [0.5, 0.6) is 0 Å². The maximum absolute atomic E-state index is 10.8. The molecule has 2 aromatic rings. The van der Waals surface area contributed by atoms with Crippen molar-refractivity contribution in [3.8, 4) is 0 Å². The zero-order valence-corrected chi connectivity index (χ0v) is 10.8. The third kappa shape index (κ3) is 2.72. The Bertz CT molecular complexity index is 659. The van der Waals surface area contributed by atoms with Crippen molar-refractivity contribution in [2.24, 2.45) is 0 Å². The summed E-state index contributed by atoms with van der Waals surface area (Å²) in [6.07, 6.45) is 0. The van der Waals surface area contributed by atoms with Crippen LogP contribution < -0.4 is 10.4 Å². The van der Waals surface area contributed by atoms with Gasteiger partial charge < -0.3 is 10.2 Å². The fraction of sp³-hybridized carbons (Fsp3) is 0.222. The fourth-order valence-electron chi connectivity index (χ4n) is 1.45. The number of hydrogen-bond donors (Lipinski definition) is 3. The molecule has 20 heavy (non-hydrogen) atoms. The normalized spacial score (nSPS) is 13.1. The Morgan fingerprint density at radius 3 is 2.80 bits per heavy atom. The second kappa shape index (κ2) is 5.87. The Hall–Kier alpha value is -2.16. The number of hydrogen-bond acceptors (Lipinski definition) is 8. The Labute approximate surface area is 112 Å². The Morgan fingerprint density at radius 2 is 2.20 bits per heavy atom. The third-order valence-corrected chi connectivity index (χ3v) is 3.62. The molecule has 1 aromatic carbocycles. The number of aliphatic hydroxyl groups is 1. The lowest BCUT2D eigenvalue weighted by molar-refractivity contribution is -0.383. The largest absolute Gasteiger partial charge is 0.480 e. The Balaban J connectivity index is 2.28. The van der Waals surface area contributed by atoms with E-state index in [4.69, 9.17) is 10.2 Å². The third-order valence-electron chi connectivity index (χ3n) is 2.45. The van der Waals surface area contributed by atoms with Gasteiger partial charge in [0, 0.05) is 11.4 Å². The maximum Gasteiger partial charge on any atom is 0.323 e. The molecule has 0 saturated carbocycles. The van der Waals surface area contributed by atoms with E-state index < -0.39 is 23.5 Å². The number of fused-ring (bicyclic) bond motifs is 1. The predicted octanol–water partition coefficient (Wildman–Crippen LogP) is -0.615. The summed E-state index contributed by atoms with van der Waals surface area (Å²) in [6, 6.07) is 1.55. The van der Waals surface area contributed by atoms with Crippen LogP contribution in [0.15, 0.2) is 16.8 Å². The summed E-state index contributed by atoms with van der Waals surface area (Å²) in [5, 5.41) is 38.6. The van der Waals surface area contributed by atoms with Crippen LogP contribution in [0.1, 0.15) is 0 Å². The lowest BCUT2D eigenvalue weighted by Crippen LogP contribution is -2.35. The van der Waals surface area contributed by atoms with Crippen LogP contribution in [-0.2, 0) is 4.79 Å². The van der Waals surface area contributed by atoms with Crippen LogP contribution in [0.2, 0.25) is 0 Å². The molecular weight excluding hydrogens is 291 g/mol. The van der Waals surface area contributed by atoms with Crippen molar-refractivity contribution in [2.45, 2.75) is 6.04 Å². The second-order valence-corrected chi connectivity index (χ2v) is 4.77. The molecule has 0 fully saturated rings. The van der Waals surface area contributed by atoms with Crippen LogP contribution >= 0.6 is 8.73 Å². The summed E-state index contributed by atoms with van der Waals surface area (Å²) in [4.78, 5) is 20.9. The molecule has 1 heterocycles. The SMILES string of the molecule is O=C(O)C(CO)NPc1ccc([N+](=O)[O-])c2nonc12. The van der Waals surface area contributed by atoms with Crippen molar-refractivity contribution in [1.29, 1.82) is 0 Å². The number of nitrogens with one attached hydrogen (secondary N) is 1. The van der Waals surface area contributed by atoms with Gasteiger partial charge >= 0.3 is 11.7 Å². The highest BCUT2D eigenvalue weighted by molar-refractivity contribution is 7.45. The van der Waals surface area contributed by atoms with Crippen LogP contribution in [0.25, 0.3) is 11.0 Å². The van der Waals surface area contributed by atoms with Gasteiger partial charge in [-0.3, -0.25) is 20.0 Å². The zero-order valence-electron chi connectivity index (χ0n) is 9.81. The fourth-order valence-corrected chi connectivity index (χ4v) is 2.45. The van der Waals surface area contributed by atoms with E-state index in [0.717, 1.165) is 0 Å². The van der Waals surface area contributed by atoms with Gasteiger partial charge in [0.1, 0.15) is 6.04 Å². The van der Waals surface area contributed by atoms with Gasteiger partial charge in [-0.15, -0.1) is 0 Å². The number of nitrogens with zero attached hydrogens (tertiary/aromatic N) is 3. The molecule has 2 rings (SSSR count). The number of aliphatic hydroxyl groups excluding tert-OH is 1. The average Bonchev–Trinajstić information content (AvgIpc) is 2.87. The number of aliphatic carboxylic acids is 1. The molecule has 0 bridgehead atoms. The molecule has 0 saturated heterocycles. The van der Waals surface area contributed by atoms with Gasteiger partial charge in [0.05, 0.1) is 11.5 Å². The number of nitro benzene ring substituents is 1. The van der Waals surface area contributed by atoms with Crippen LogP contribution in [0, 0.1) is 10.1 Å². The van der Waals surface area contributed by atoms with Crippen molar-refractivity contribution in [3.63, 3.8) is 0 Å².